The summed E-state index contributed by atoms with van der Waals surface area (Å²) in [4.78, 5) is 16.4. The Labute approximate surface area is 136 Å². The molecule has 1 aromatic carbocycles. The normalized spacial score (nSPS) is 12.9. The number of hydrogen-bond acceptors (Lipinski definition) is 3. The first kappa shape index (κ1) is 17.4. The monoisotopic (exact) mass is 343 g/mol. The highest BCUT2D eigenvalue weighted by molar-refractivity contribution is 8.00. The second-order valence-electron chi connectivity index (χ2n) is 4.90. The lowest BCUT2D eigenvalue weighted by Crippen LogP contribution is -2.25. The van der Waals surface area contributed by atoms with Gasteiger partial charge in [-0.05, 0) is 24.6 Å². The summed E-state index contributed by atoms with van der Waals surface area (Å²) >= 11 is 1.28. The Kier molecular flexibility index (Phi) is 5.35. The molecule has 1 unspecified atom stereocenters. The molecule has 0 saturated heterocycles. The standard InChI is InChI=1S/C15H16F3N3OS/c1-3-12(23-14-19-7-8-21(14)2)13(22)20-11-6-4-5-10(9-11)15(16,17)18/h4-9,12H,3H2,1-2H3,(H,20,22). The fourth-order valence-corrected chi connectivity index (χ4v) is 2.85. The Bertz CT molecular complexity index is 685. The number of benzene rings is 1. The minimum absolute atomic E-state index is 0.128. The summed E-state index contributed by atoms with van der Waals surface area (Å²) in [7, 11) is 1.81. The summed E-state index contributed by atoms with van der Waals surface area (Å²) in [6.07, 6.45) is -0.519. The Morgan fingerprint density at radius 2 is 2.17 bits per heavy atom. The SMILES string of the molecule is CCC(Sc1nccn1C)C(=O)Nc1cccc(C(F)(F)F)c1. The van der Waals surface area contributed by atoms with Gasteiger partial charge >= 0.3 is 6.18 Å². The summed E-state index contributed by atoms with van der Waals surface area (Å²) in [5, 5.41) is 2.78. The van der Waals surface area contributed by atoms with Gasteiger partial charge in [-0.2, -0.15) is 13.2 Å². The Hall–Kier alpha value is -1.96. The molecule has 0 aliphatic heterocycles. The van der Waals surface area contributed by atoms with E-state index in [-0.39, 0.29) is 11.6 Å². The zero-order valence-electron chi connectivity index (χ0n) is 12.6. The summed E-state index contributed by atoms with van der Waals surface area (Å²) in [6, 6.07) is 4.60. The molecule has 0 bridgehead atoms. The first-order valence-electron chi connectivity index (χ1n) is 6.93. The molecule has 1 amide bonds. The number of rotatable bonds is 5. The van der Waals surface area contributed by atoms with Gasteiger partial charge < -0.3 is 9.88 Å². The molecule has 1 heterocycles. The number of alkyl halides is 3. The van der Waals surface area contributed by atoms with Crippen LogP contribution >= 0.6 is 11.8 Å². The molecule has 0 fully saturated rings. The van der Waals surface area contributed by atoms with Gasteiger partial charge in [-0.25, -0.2) is 4.98 Å². The molecule has 1 aromatic heterocycles. The molecule has 1 atom stereocenters. The van der Waals surface area contributed by atoms with Gasteiger partial charge in [0, 0.05) is 25.1 Å². The van der Waals surface area contributed by atoms with Crippen LogP contribution in [0.5, 0.6) is 0 Å². The van der Waals surface area contributed by atoms with Crippen LogP contribution in [0.2, 0.25) is 0 Å². The number of halogens is 3. The number of nitrogens with zero attached hydrogens (tertiary/aromatic N) is 2. The third kappa shape index (κ3) is 4.51. The zero-order chi connectivity index (χ0) is 17.0. The maximum absolute atomic E-state index is 12.7. The molecule has 0 saturated carbocycles. The quantitative estimate of drug-likeness (QED) is 0.836. The van der Waals surface area contributed by atoms with E-state index in [1.165, 1.54) is 23.9 Å². The van der Waals surface area contributed by atoms with Crippen molar-refractivity contribution in [2.24, 2.45) is 7.05 Å². The number of aromatic nitrogens is 2. The lowest BCUT2D eigenvalue weighted by molar-refractivity contribution is -0.137. The van der Waals surface area contributed by atoms with Gasteiger partial charge in [-0.1, -0.05) is 24.8 Å². The van der Waals surface area contributed by atoms with Crippen LogP contribution in [0, 0.1) is 0 Å². The number of carbonyl (C=O) groups excluding carboxylic acids is 1. The molecule has 0 aliphatic carbocycles. The van der Waals surface area contributed by atoms with Crippen molar-refractivity contribution < 1.29 is 18.0 Å². The van der Waals surface area contributed by atoms with Crippen molar-refractivity contribution in [3.63, 3.8) is 0 Å². The molecule has 1 N–H and O–H groups in total. The van der Waals surface area contributed by atoms with E-state index in [9.17, 15) is 18.0 Å². The van der Waals surface area contributed by atoms with Crippen molar-refractivity contribution in [1.82, 2.24) is 9.55 Å². The number of nitrogens with one attached hydrogen (secondary N) is 1. The number of aryl methyl sites for hydroxylation is 1. The first-order valence-corrected chi connectivity index (χ1v) is 7.81. The van der Waals surface area contributed by atoms with Gasteiger partial charge in [0.2, 0.25) is 5.91 Å². The van der Waals surface area contributed by atoms with E-state index in [0.717, 1.165) is 12.1 Å². The van der Waals surface area contributed by atoms with Gasteiger partial charge in [0.15, 0.2) is 5.16 Å². The minimum atomic E-state index is -4.44. The highest BCUT2D eigenvalue weighted by Gasteiger charge is 2.30. The topological polar surface area (TPSA) is 46.9 Å². The molecule has 8 heteroatoms. The van der Waals surface area contributed by atoms with E-state index in [1.54, 1.807) is 17.0 Å². The minimum Gasteiger partial charge on any atom is -0.329 e. The zero-order valence-corrected chi connectivity index (χ0v) is 13.4. The lowest BCUT2D eigenvalue weighted by atomic mass is 10.2. The van der Waals surface area contributed by atoms with Crippen LogP contribution in [0.3, 0.4) is 0 Å². The van der Waals surface area contributed by atoms with Gasteiger partial charge in [0.05, 0.1) is 10.8 Å². The summed E-state index contributed by atoms with van der Waals surface area (Å²) < 4.78 is 39.9. The van der Waals surface area contributed by atoms with Crippen LogP contribution in [0.25, 0.3) is 0 Å². The highest BCUT2D eigenvalue weighted by Crippen LogP contribution is 2.31. The van der Waals surface area contributed by atoms with Crippen molar-refractivity contribution in [1.29, 1.82) is 0 Å². The van der Waals surface area contributed by atoms with Crippen LogP contribution in [0.15, 0.2) is 41.8 Å². The van der Waals surface area contributed by atoms with E-state index < -0.39 is 17.0 Å². The van der Waals surface area contributed by atoms with E-state index >= 15 is 0 Å². The number of anilines is 1. The summed E-state index contributed by atoms with van der Waals surface area (Å²) in [6.45, 7) is 1.84. The summed E-state index contributed by atoms with van der Waals surface area (Å²) in [5.74, 6) is -0.347. The fourth-order valence-electron chi connectivity index (χ4n) is 1.91. The summed E-state index contributed by atoms with van der Waals surface area (Å²) in [5.41, 5.74) is -0.663. The average Bonchev–Trinajstić information content (AvgIpc) is 2.89. The third-order valence-corrected chi connectivity index (χ3v) is 4.58. The Balaban J connectivity index is 2.09. The second kappa shape index (κ2) is 7.08. The van der Waals surface area contributed by atoms with Crippen molar-refractivity contribution in [2.45, 2.75) is 29.9 Å². The van der Waals surface area contributed by atoms with Crippen LogP contribution in [-0.2, 0) is 18.0 Å². The van der Waals surface area contributed by atoms with Gasteiger partial charge in [-0.15, -0.1) is 0 Å². The number of imidazole rings is 1. The maximum atomic E-state index is 12.7. The predicted octanol–water partition coefficient (Wildman–Crippen LogP) is 3.95. The molecule has 2 rings (SSSR count). The van der Waals surface area contributed by atoms with E-state index in [2.05, 4.69) is 10.3 Å². The fraction of sp³-hybridized carbons (Fsp3) is 0.333. The molecule has 2 aromatic rings. The first-order chi connectivity index (χ1) is 10.8. The average molecular weight is 343 g/mol. The van der Waals surface area contributed by atoms with Crippen molar-refractivity contribution in [3.05, 3.63) is 42.2 Å². The van der Waals surface area contributed by atoms with Crippen LogP contribution in [0.4, 0.5) is 18.9 Å². The van der Waals surface area contributed by atoms with E-state index in [0.29, 0.717) is 11.6 Å². The second-order valence-corrected chi connectivity index (χ2v) is 6.07. The third-order valence-electron chi connectivity index (χ3n) is 3.15. The molecule has 0 spiro atoms. The number of carbonyl (C=O) groups is 1. The number of thioether (sulfide) groups is 1. The smallest absolute Gasteiger partial charge is 0.329 e. The lowest BCUT2D eigenvalue weighted by Gasteiger charge is -2.15. The van der Waals surface area contributed by atoms with Crippen LogP contribution < -0.4 is 5.32 Å². The van der Waals surface area contributed by atoms with Gasteiger partial charge in [0.1, 0.15) is 0 Å². The Morgan fingerprint density at radius 3 is 2.74 bits per heavy atom. The maximum Gasteiger partial charge on any atom is 0.416 e. The van der Waals surface area contributed by atoms with Crippen LogP contribution in [0.1, 0.15) is 18.9 Å². The largest absolute Gasteiger partial charge is 0.416 e. The highest BCUT2D eigenvalue weighted by atomic mass is 32.2. The molecule has 4 nitrogen and oxygen atoms in total. The van der Waals surface area contributed by atoms with E-state index in [1.807, 2.05) is 14.0 Å². The van der Waals surface area contributed by atoms with E-state index in [4.69, 9.17) is 0 Å². The number of hydrogen-bond donors (Lipinski definition) is 1. The molecule has 124 valence electrons. The Morgan fingerprint density at radius 1 is 1.43 bits per heavy atom. The van der Waals surface area contributed by atoms with Gasteiger partial charge in [-0.3, -0.25) is 4.79 Å². The predicted molar refractivity (Wildman–Crippen MR) is 83.2 cm³/mol. The van der Waals surface area contributed by atoms with Crippen molar-refractivity contribution in [3.8, 4) is 0 Å². The molecule has 0 radical (unpaired) electrons. The number of amides is 1. The molecular weight excluding hydrogens is 327 g/mol. The van der Waals surface area contributed by atoms with Gasteiger partial charge in [0.25, 0.3) is 0 Å². The van der Waals surface area contributed by atoms with Crippen molar-refractivity contribution in [2.75, 3.05) is 5.32 Å². The molecule has 0 aliphatic rings. The molecular formula is C15H16F3N3OS. The van der Waals surface area contributed by atoms with Crippen LogP contribution in [-0.4, -0.2) is 20.7 Å². The molecule has 23 heavy (non-hydrogen) atoms. The van der Waals surface area contributed by atoms with Crippen molar-refractivity contribution >= 4 is 23.4 Å².